The minimum atomic E-state index is 0.113. The van der Waals surface area contributed by atoms with Gasteiger partial charge in [0.05, 0.1) is 24.6 Å². The first kappa shape index (κ1) is 12.6. The summed E-state index contributed by atoms with van der Waals surface area (Å²) in [6.45, 7) is 6.77. The van der Waals surface area contributed by atoms with Gasteiger partial charge in [-0.05, 0) is 50.6 Å². The molecule has 2 aromatic rings. The Bertz CT molecular complexity index is 491. The van der Waals surface area contributed by atoms with E-state index in [-0.39, 0.29) is 6.04 Å². The van der Waals surface area contributed by atoms with Gasteiger partial charge in [0, 0.05) is 0 Å². The van der Waals surface area contributed by atoms with E-state index in [1.54, 1.807) is 6.26 Å². The summed E-state index contributed by atoms with van der Waals surface area (Å²) in [7, 11) is 0. The average Bonchev–Trinajstić information content (AvgIpc) is 2.86. The van der Waals surface area contributed by atoms with Crippen LogP contribution in [0.5, 0.6) is 5.75 Å². The molecule has 1 aromatic heterocycles. The first-order valence-corrected chi connectivity index (χ1v) is 6.24. The number of hydrogen-bond acceptors (Lipinski definition) is 3. The highest BCUT2D eigenvalue weighted by molar-refractivity contribution is 5.58. The van der Waals surface area contributed by atoms with Gasteiger partial charge < -0.3 is 14.5 Å². The average molecular weight is 245 g/mol. The molecule has 1 aromatic carbocycles. The lowest BCUT2D eigenvalue weighted by atomic mass is 10.2. The summed E-state index contributed by atoms with van der Waals surface area (Å²) in [6, 6.07) is 10.1. The van der Waals surface area contributed by atoms with Crippen LogP contribution in [0.3, 0.4) is 0 Å². The molecule has 1 unspecified atom stereocenters. The zero-order valence-electron chi connectivity index (χ0n) is 11.1. The summed E-state index contributed by atoms with van der Waals surface area (Å²) >= 11 is 0. The summed E-state index contributed by atoms with van der Waals surface area (Å²) in [4.78, 5) is 0. The van der Waals surface area contributed by atoms with Crippen molar-refractivity contribution in [3.8, 4) is 5.75 Å². The standard InChI is InChI=1S/C15H19NO2/c1-4-17-15-10-11(2)7-8-13(15)16-12(3)14-6-5-9-18-14/h5-10,12,16H,4H2,1-3H3. The quantitative estimate of drug-likeness (QED) is 0.858. The lowest BCUT2D eigenvalue weighted by Crippen LogP contribution is -2.07. The third-order valence-electron chi connectivity index (χ3n) is 2.78. The number of anilines is 1. The molecule has 0 saturated carbocycles. The Kier molecular flexibility index (Phi) is 3.92. The molecule has 1 heterocycles. The second-order valence-corrected chi connectivity index (χ2v) is 4.31. The van der Waals surface area contributed by atoms with Crippen LogP contribution in [-0.2, 0) is 0 Å². The smallest absolute Gasteiger partial charge is 0.142 e. The van der Waals surface area contributed by atoms with Crippen LogP contribution in [0.15, 0.2) is 41.0 Å². The number of ether oxygens (including phenoxy) is 1. The van der Waals surface area contributed by atoms with Gasteiger partial charge in [-0.2, -0.15) is 0 Å². The Morgan fingerprint density at radius 2 is 2.17 bits per heavy atom. The molecule has 0 radical (unpaired) electrons. The molecule has 0 aliphatic heterocycles. The highest BCUT2D eigenvalue weighted by Gasteiger charge is 2.11. The van der Waals surface area contributed by atoms with E-state index >= 15 is 0 Å². The fraction of sp³-hybridized carbons (Fsp3) is 0.333. The molecule has 0 spiro atoms. The van der Waals surface area contributed by atoms with E-state index in [0.717, 1.165) is 17.2 Å². The summed E-state index contributed by atoms with van der Waals surface area (Å²) in [6.07, 6.45) is 1.69. The van der Waals surface area contributed by atoms with Crippen molar-refractivity contribution in [3.63, 3.8) is 0 Å². The molecule has 3 nitrogen and oxygen atoms in total. The maximum absolute atomic E-state index is 5.64. The van der Waals surface area contributed by atoms with Crippen molar-refractivity contribution >= 4 is 5.69 Å². The molecule has 96 valence electrons. The second kappa shape index (κ2) is 5.63. The Morgan fingerprint density at radius 1 is 1.33 bits per heavy atom. The molecule has 0 bridgehead atoms. The Morgan fingerprint density at radius 3 is 2.83 bits per heavy atom. The zero-order chi connectivity index (χ0) is 13.0. The van der Waals surface area contributed by atoms with Crippen LogP contribution in [0.25, 0.3) is 0 Å². The van der Waals surface area contributed by atoms with Crippen molar-refractivity contribution in [1.29, 1.82) is 0 Å². The van der Waals surface area contributed by atoms with E-state index in [1.165, 1.54) is 5.56 Å². The Hall–Kier alpha value is -1.90. The number of aryl methyl sites for hydroxylation is 1. The summed E-state index contributed by atoms with van der Waals surface area (Å²) in [5, 5.41) is 3.41. The lowest BCUT2D eigenvalue weighted by molar-refractivity contribution is 0.341. The van der Waals surface area contributed by atoms with Crippen LogP contribution in [0.2, 0.25) is 0 Å². The van der Waals surface area contributed by atoms with Gasteiger partial charge in [0.15, 0.2) is 0 Å². The van der Waals surface area contributed by atoms with Gasteiger partial charge in [-0.15, -0.1) is 0 Å². The Balaban J connectivity index is 2.17. The van der Waals surface area contributed by atoms with Gasteiger partial charge in [0.2, 0.25) is 0 Å². The number of rotatable bonds is 5. The van der Waals surface area contributed by atoms with Gasteiger partial charge in [0.25, 0.3) is 0 Å². The second-order valence-electron chi connectivity index (χ2n) is 4.31. The Labute approximate surface area is 108 Å². The van der Waals surface area contributed by atoms with Crippen LogP contribution < -0.4 is 10.1 Å². The third-order valence-corrected chi connectivity index (χ3v) is 2.78. The first-order chi connectivity index (χ1) is 8.70. The first-order valence-electron chi connectivity index (χ1n) is 6.24. The van der Waals surface area contributed by atoms with Gasteiger partial charge >= 0.3 is 0 Å². The lowest BCUT2D eigenvalue weighted by Gasteiger charge is -2.17. The number of furan rings is 1. The van der Waals surface area contributed by atoms with Gasteiger partial charge in [0.1, 0.15) is 11.5 Å². The largest absolute Gasteiger partial charge is 0.492 e. The van der Waals surface area contributed by atoms with Crippen LogP contribution in [-0.4, -0.2) is 6.61 Å². The zero-order valence-corrected chi connectivity index (χ0v) is 11.1. The van der Waals surface area contributed by atoms with E-state index in [4.69, 9.17) is 9.15 Å². The normalized spacial score (nSPS) is 12.2. The molecule has 1 atom stereocenters. The van der Waals surface area contributed by atoms with Gasteiger partial charge in [-0.1, -0.05) is 6.07 Å². The molecule has 0 aliphatic carbocycles. The van der Waals surface area contributed by atoms with E-state index in [2.05, 4.69) is 25.2 Å². The summed E-state index contributed by atoms with van der Waals surface area (Å²) in [5.41, 5.74) is 2.18. The molecule has 1 N–H and O–H groups in total. The van der Waals surface area contributed by atoms with E-state index in [0.29, 0.717) is 6.61 Å². The third kappa shape index (κ3) is 2.86. The van der Waals surface area contributed by atoms with Crippen molar-refractivity contribution in [2.24, 2.45) is 0 Å². The molecule has 3 heteroatoms. The molecule has 0 fully saturated rings. The van der Waals surface area contributed by atoms with E-state index in [1.807, 2.05) is 31.2 Å². The minimum Gasteiger partial charge on any atom is -0.492 e. The molecular formula is C15H19NO2. The minimum absolute atomic E-state index is 0.113. The SMILES string of the molecule is CCOc1cc(C)ccc1NC(C)c1ccco1. The molecule has 0 aliphatic rings. The molecule has 18 heavy (non-hydrogen) atoms. The predicted octanol–water partition coefficient (Wildman–Crippen LogP) is 4.16. The van der Waals surface area contributed by atoms with Crippen LogP contribution in [0, 0.1) is 6.92 Å². The van der Waals surface area contributed by atoms with E-state index in [9.17, 15) is 0 Å². The van der Waals surface area contributed by atoms with Crippen molar-refractivity contribution < 1.29 is 9.15 Å². The fourth-order valence-electron chi connectivity index (χ4n) is 1.87. The highest BCUT2D eigenvalue weighted by Crippen LogP contribution is 2.29. The predicted molar refractivity (Wildman–Crippen MR) is 73.1 cm³/mol. The molecular weight excluding hydrogens is 226 g/mol. The van der Waals surface area contributed by atoms with Crippen molar-refractivity contribution in [3.05, 3.63) is 47.9 Å². The highest BCUT2D eigenvalue weighted by atomic mass is 16.5. The van der Waals surface area contributed by atoms with E-state index < -0.39 is 0 Å². The van der Waals surface area contributed by atoms with Crippen LogP contribution in [0.4, 0.5) is 5.69 Å². The number of benzene rings is 1. The molecule has 2 rings (SSSR count). The van der Waals surface area contributed by atoms with Crippen LogP contribution >= 0.6 is 0 Å². The monoisotopic (exact) mass is 245 g/mol. The van der Waals surface area contributed by atoms with Gasteiger partial charge in [-0.3, -0.25) is 0 Å². The topological polar surface area (TPSA) is 34.4 Å². The number of nitrogens with one attached hydrogen (secondary N) is 1. The molecule has 0 saturated heterocycles. The fourth-order valence-corrected chi connectivity index (χ4v) is 1.87. The maximum Gasteiger partial charge on any atom is 0.142 e. The summed E-state index contributed by atoms with van der Waals surface area (Å²) in [5.74, 6) is 1.80. The van der Waals surface area contributed by atoms with Crippen molar-refractivity contribution in [1.82, 2.24) is 0 Å². The van der Waals surface area contributed by atoms with Gasteiger partial charge in [-0.25, -0.2) is 0 Å². The summed E-state index contributed by atoms with van der Waals surface area (Å²) < 4.78 is 11.0. The molecule has 0 amide bonds. The van der Waals surface area contributed by atoms with Crippen molar-refractivity contribution in [2.75, 3.05) is 11.9 Å². The van der Waals surface area contributed by atoms with Crippen LogP contribution in [0.1, 0.15) is 31.2 Å². The maximum atomic E-state index is 5.64. The number of hydrogen-bond donors (Lipinski definition) is 1. The van der Waals surface area contributed by atoms with Crippen molar-refractivity contribution in [2.45, 2.75) is 26.8 Å².